The third-order valence-corrected chi connectivity index (χ3v) is 1.99. The topological polar surface area (TPSA) is 26.3 Å². The van der Waals surface area contributed by atoms with E-state index in [1.807, 2.05) is 26.0 Å². The molecule has 0 aromatic heterocycles. The molecule has 66 valence electrons. The third kappa shape index (κ3) is 1.58. The average Bonchev–Trinajstić information content (AvgIpc) is 2.08. The van der Waals surface area contributed by atoms with Gasteiger partial charge in [0, 0.05) is 0 Å². The first-order valence-electron chi connectivity index (χ1n) is 4.20. The molecule has 0 heterocycles. The van der Waals surface area contributed by atoms with E-state index in [0.717, 1.165) is 12.0 Å². The van der Waals surface area contributed by atoms with Gasteiger partial charge in [-0.3, -0.25) is 4.79 Å². The van der Waals surface area contributed by atoms with E-state index in [2.05, 4.69) is 0 Å². The fourth-order valence-electron chi connectivity index (χ4n) is 1.35. The minimum atomic E-state index is 0.0399. The number of carbonyl (C=O) groups is 1. The van der Waals surface area contributed by atoms with Crippen LogP contribution in [0.5, 0.6) is 0 Å². The fourth-order valence-corrected chi connectivity index (χ4v) is 1.35. The summed E-state index contributed by atoms with van der Waals surface area (Å²) in [4.78, 5) is 11.5. The second-order valence-corrected chi connectivity index (χ2v) is 2.97. The van der Waals surface area contributed by atoms with Crippen molar-refractivity contribution in [1.29, 1.82) is 0 Å². The van der Waals surface area contributed by atoms with Crippen molar-refractivity contribution in [2.24, 2.45) is 5.92 Å². The lowest BCUT2D eigenvalue weighted by molar-refractivity contribution is -0.115. The van der Waals surface area contributed by atoms with Gasteiger partial charge in [0.25, 0.3) is 0 Å². The summed E-state index contributed by atoms with van der Waals surface area (Å²) < 4.78 is 4.98. The van der Waals surface area contributed by atoms with Crippen LogP contribution in [0.2, 0.25) is 0 Å². The zero-order valence-corrected chi connectivity index (χ0v) is 7.76. The maximum absolute atomic E-state index is 11.5. The van der Waals surface area contributed by atoms with Gasteiger partial charge in [-0.1, -0.05) is 19.9 Å². The summed E-state index contributed by atoms with van der Waals surface area (Å²) in [7, 11) is 1.54. The molecule has 1 rings (SSSR count). The number of carbonyl (C=O) groups excluding carboxylic acids is 1. The van der Waals surface area contributed by atoms with Crippen LogP contribution in [0.4, 0.5) is 0 Å². The molecule has 0 spiro atoms. The monoisotopic (exact) mass is 166 g/mol. The minimum Gasteiger partial charge on any atom is -0.493 e. The lowest BCUT2D eigenvalue weighted by Gasteiger charge is -2.15. The summed E-state index contributed by atoms with van der Waals surface area (Å²) in [5.74, 6) is 0.840. The van der Waals surface area contributed by atoms with Crippen molar-refractivity contribution in [3.63, 3.8) is 0 Å². The van der Waals surface area contributed by atoms with Crippen molar-refractivity contribution in [3.05, 3.63) is 23.5 Å². The van der Waals surface area contributed by atoms with E-state index in [1.54, 1.807) is 0 Å². The molecule has 1 aliphatic carbocycles. The van der Waals surface area contributed by atoms with Crippen LogP contribution in [0, 0.1) is 5.92 Å². The van der Waals surface area contributed by atoms with Crippen LogP contribution in [0.25, 0.3) is 0 Å². The predicted octanol–water partition coefficient (Wildman–Crippen LogP) is 2.07. The normalized spacial score (nSPS) is 23.2. The lowest BCUT2D eigenvalue weighted by Crippen LogP contribution is -2.13. The molecule has 0 aromatic carbocycles. The van der Waals surface area contributed by atoms with E-state index in [-0.39, 0.29) is 5.78 Å². The SMILES string of the molecule is CCC1=CC(C)C=C(OC)C1=O. The van der Waals surface area contributed by atoms with Crippen LogP contribution in [0.3, 0.4) is 0 Å². The van der Waals surface area contributed by atoms with E-state index >= 15 is 0 Å². The van der Waals surface area contributed by atoms with Crippen LogP contribution < -0.4 is 0 Å². The number of ether oxygens (including phenoxy) is 1. The molecule has 0 amide bonds. The Balaban J connectivity index is 2.90. The highest BCUT2D eigenvalue weighted by atomic mass is 16.5. The number of allylic oxidation sites excluding steroid dienone is 3. The molecule has 1 unspecified atom stereocenters. The molecule has 0 saturated carbocycles. The van der Waals surface area contributed by atoms with Crippen molar-refractivity contribution < 1.29 is 9.53 Å². The number of methoxy groups -OCH3 is 1. The van der Waals surface area contributed by atoms with E-state index in [9.17, 15) is 4.79 Å². The second kappa shape index (κ2) is 3.57. The van der Waals surface area contributed by atoms with Crippen LogP contribution in [0.1, 0.15) is 20.3 Å². The van der Waals surface area contributed by atoms with Gasteiger partial charge in [-0.2, -0.15) is 0 Å². The van der Waals surface area contributed by atoms with Crippen LogP contribution in [-0.2, 0) is 9.53 Å². The Morgan fingerprint density at radius 3 is 2.67 bits per heavy atom. The van der Waals surface area contributed by atoms with Crippen LogP contribution >= 0.6 is 0 Å². The quantitative estimate of drug-likeness (QED) is 0.627. The number of rotatable bonds is 2. The van der Waals surface area contributed by atoms with Crippen LogP contribution in [-0.4, -0.2) is 12.9 Å². The largest absolute Gasteiger partial charge is 0.493 e. The standard InChI is InChI=1S/C10H14O2/c1-4-8-5-7(2)6-9(12-3)10(8)11/h5-7H,4H2,1-3H3. The highest BCUT2D eigenvalue weighted by Gasteiger charge is 2.19. The van der Waals surface area contributed by atoms with Crippen molar-refractivity contribution in [2.75, 3.05) is 7.11 Å². The highest BCUT2D eigenvalue weighted by Crippen LogP contribution is 2.21. The van der Waals surface area contributed by atoms with Gasteiger partial charge in [0.1, 0.15) is 0 Å². The molecule has 0 N–H and O–H groups in total. The van der Waals surface area contributed by atoms with Gasteiger partial charge in [0.05, 0.1) is 7.11 Å². The maximum atomic E-state index is 11.5. The van der Waals surface area contributed by atoms with Crippen molar-refractivity contribution in [3.8, 4) is 0 Å². The molecule has 1 atom stereocenters. The van der Waals surface area contributed by atoms with Crippen molar-refractivity contribution in [1.82, 2.24) is 0 Å². The number of hydrogen-bond acceptors (Lipinski definition) is 2. The van der Waals surface area contributed by atoms with Gasteiger partial charge in [0.2, 0.25) is 5.78 Å². The highest BCUT2D eigenvalue weighted by molar-refractivity contribution is 6.07. The summed E-state index contributed by atoms with van der Waals surface area (Å²) in [5, 5.41) is 0. The zero-order chi connectivity index (χ0) is 9.14. The Hall–Kier alpha value is -1.05. The Kier molecular flexibility index (Phi) is 2.69. The summed E-state index contributed by atoms with van der Waals surface area (Å²) >= 11 is 0. The van der Waals surface area contributed by atoms with Crippen molar-refractivity contribution in [2.45, 2.75) is 20.3 Å². The summed E-state index contributed by atoms with van der Waals surface area (Å²) in [6, 6.07) is 0. The molecule has 0 aromatic rings. The number of Topliss-reactive ketones (excluding diaryl/α,β-unsaturated/α-hetero) is 1. The smallest absolute Gasteiger partial charge is 0.222 e. The predicted molar refractivity (Wildman–Crippen MR) is 47.6 cm³/mol. The van der Waals surface area contributed by atoms with Gasteiger partial charge in [-0.05, 0) is 24.0 Å². The first-order valence-corrected chi connectivity index (χ1v) is 4.20. The fraction of sp³-hybridized carbons (Fsp3) is 0.500. The zero-order valence-electron chi connectivity index (χ0n) is 7.76. The molecular weight excluding hydrogens is 152 g/mol. The summed E-state index contributed by atoms with van der Waals surface area (Å²) in [5.41, 5.74) is 0.863. The summed E-state index contributed by atoms with van der Waals surface area (Å²) in [6.45, 7) is 4.02. The van der Waals surface area contributed by atoms with Gasteiger partial charge in [0.15, 0.2) is 5.76 Å². The molecule has 0 radical (unpaired) electrons. The minimum absolute atomic E-state index is 0.0399. The maximum Gasteiger partial charge on any atom is 0.222 e. The molecule has 0 aliphatic heterocycles. The van der Waals surface area contributed by atoms with E-state index in [4.69, 9.17) is 4.74 Å². The second-order valence-electron chi connectivity index (χ2n) is 2.97. The number of hydrogen-bond donors (Lipinski definition) is 0. The molecule has 0 fully saturated rings. The molecule has 12 heavy (non-hydrogen) atoms. The van der Waals surface area contributed by atoms with Crippen molar-refractivity contribution >= 4 is 5.78 Å². The van der Waals surface area contributed by atoms with Gasteiger partial charge in [-0.25, -0.2) is 0 Å². The van der Waals surface area contributed by atoms with E-state index in [1.165, 1.54) is 7.11 Å². The van der Waals surface area contributed by atoms with Crippen LogP contribution in [0.15, 0.2) is 23.5 Å². The van der Waals surface area contributed by atoms with Gasteiger partial charge < -0.3 is 4.74 Å². The van der Waals surface area contributed by atoms with Gasteiger partial charge in [-0.15, -0.1) is 0 Å². The Bertz CT molecular complexity index is 225. The third-order valence-electron chi connectivity index (χ3n) is 1.99. The number of ketones is 1. The molecule has 2 heteroatoms. The van der Waals surface area contributed by atoms with Gasteiger partial charge >= 0.3 is 0 Å². The molecule has 0 bridgehead atoms. The molecule has 0 saturated heterocycles. The molecular formula is C10H14O2. The molecule has 1 aliphatic rings. The Labute approximate surface area is 72.9 Å². The lowest BCUT2D eigenvalue weighted by atomic mass is 9.94. The van der Waals surface area contributed by atoms with E-state index < -0.39 is 0 Å². The Morgan fingerprint density at radius 1 is 1.50 bits per heavy atom. The summed E-state index contributed by atoms with van der Waals surface area (Å²) in [6.07, 6.45) is 4.62. The molecule has 2 nitrogen and oxygen atoms in total. The average molecular weight is 166 g/mol. The van der Waals surface area contributed by atoms with E-state index in [0.29, 0.717) is 11.7 Å². The first-order chi connectivity index (χ1) is 5.69. The Morgan fingerprint density at radius 2 is 2.17 bits per heavy atom. The first kappa shape index (κ1) is 9.04.